The van der Waals surface area contributed by atoms with E-state index in [0.29, 0.717) is 17.6 Å². The third-order valence-electron chi connectivity index (χ3n) is 2.64. The molecule has 2 atom stereocenters. The van der Waals surface area contributed by atoms with E-state index < -0.39 is 0 Å². The third-order valence-corrected chi connectivity index (χ3v) is 3.61. The molecule has 3 nitrogen and oxygen atoms in total. The minimum Gasteiger partial charge on any atom is -0.355 e. The lowest BCUT2D eigenvalue weighted by atomic mass is 10.1. The molecule has 0 heterocycles. The molecule has 82 valence electrons. The van der Waals surface area contributed by atoms with Gasteiger partial charge in [-0.25, -0.2) is 0 Å². The molecule has 0 bridgehead atoms. The van der Waals surface area contributed by atoms with Gasteiger partial charge in [-0.15, -0.1) is 0 Å². The first-order chi connectivity index (χ1) is 6.63. The van der Waals surface area contributed by atoms with Gasteiger partial charge >= 0.3 is 0 Å². The molecule has 1 amide bonds. The zero-order valence-corrected chi connectivity index (χ0v) is 9.77. The first kappa shape index (κ1) is 11.9. The molecule has 1 fully saturated rings. The normalized spacial score (nSPS) is 20.2. The van der Waals surface area contributed by atoms with Crippen molar-refractivity contribution in [1.29, 1.82) is 0 Å². The molecule has 3 N–H and O–H groups in total. The lowest BCUT2D eigenvalue weighted by Gasteiger charge is -2.12. The van der Waals surface area contributed by atoms with Crippen LogP contribution in [-0.4, -0.2) is 30.0 Å². The van der Waals surface area contributed by atoms with Crippen molar-refractivity contribution < 1.29 is 4.79 Å². The van der Waals surface area contributed by atoms with Crippen LogP contribution >= 0.6 is 11.8 Å². The summed E-state index contributed by atoms with van der Waals surface area (Å²) in [7, 11) is 0. The molecule has 0 radical (unpaired) electrons. The highest BCUT2D eigenvalue weighted by Gasteiger charge is 2.29. The molecule has 0 aromatic carbocycles. The Morgan fingerprint density at radius 2 is 2.29 bits per heavy atom. The van der Waals surface area contributed by atoms with Crippen LogP contribution < -0.4 is 11.1 Å². The lowest BCUT2D eigenvalue weighted by Crippen LogP contribution is -2.35. The Balaban J connectivity index is 2.08. The summed E-state index contributed by atoms with van der Waals surface area (Å²) in [6.07, 6.45) is 4.95. The Morgan fingerprint density at radius 3 is 2.79 bits per heavy atom. The molecular formula is C10H20N2OS. The number of nitrogens with two attached hydrogens (primary N) is 1. The van der Waals surface area contributed by atoms with Crippen molar-refractivity contribution in [1.82, 2.24) is 5.32 Å². The van der Waals surface area contributed by atoms with Crippen LogP contribution in [0.4, 0.5) is 0 Å². The van der Waals surface area contributed by atoms with Crippen molar-refractivity contribution in [3.05, 3.63) is 0 Å². The van der Waals surface area contributed by atoms with Gasteiger partial charge in [0.05, 0.1) is 0 Å². The topological polar surface area (TPSA) is 55.1 Å². The Hall–Kier alpha value is -0.220. The fraction of sp³-hybridized carbons (Fsp3) is 0.900. The Labute approximate surface area is 90.2 Å². The average Bonchev–Trinajstić information content (AvgIpc) is 2.97. The van der Waals surface area contributed by atoms with Gasteiger partial charge in [0.1, 0.15) is 0 Å². The summed E-state index contributed by atoms with van der Waals surface area (Å²) in [5.74, 6) is 0.712. The Kier molecular flexibility index (Phi) is 4.75. The highest BCUT2D eigenvalue weighted by Crippen LogP contribution is 2.32. The van der Waals surface area contributed by atoms with Gasteiger partial charge in [0.25, 0.3) is 0 Å². The lowest BCUT2D eigenvalue weighted by molar-refractivity contribution is -0.121. The highest BCUT2D eigenvalue weighted by atomic mass is 32.2. The molecule has 1 saturated carbocycles. The summed E-state index contributed by atoms with van der Waals surface area (Å²) in [4.78, 5) is 11.4. The van der Waals surface area contributed by atoms with E-state index in [9.17, 15) is 4.79 Å². The van der Waals surface area contributed by atoms with Crippen LogP contribution in [0.15, 0.2) is 0 Å². The molecule has 1 aliphatic carbocycles. The van der Waals surface area contributed by atoms with Gasteiger partial charge in [0.15, 0.2) is 0 Å². The van der Waals surface area contributed by atoms with E-state index in [2.05, 4.69) is 12.2 Å². The number of hydrogen-bond donors (Lipinski definition) is 2. The van der Waals surface area contributed by atoms with Crippen LogP contribution in [0, 0.1) is 5.92 Å². The average molecular weight is 216 g/mol. The van der Waals surface area contributed by atoms with E-state index in [1.165, 1.54) is 12.8 Å². The van der Waals surface area contributed by atoms with Crippen LogP contribution in [0.3, 0.4) is 0 Å². The first-order valence-electron chi connectivity index (χ1n) is 5.18. The van der Waals surface area contributed by atoms with Gasteiger partial charge < -0.3 is 11.1 Å². The molecule has 0 spiro atoms. The largest absolute Gasteiger partial charge is 0.355 e. The van der Waals surface area contributed by atoms with Crippen LogP contribution in [0.2, 0.25) is 0 Å². The maximum absolute atomic E-state index is 11.4. The van der Waals surface area contributed by atoms with Gasteiger partial charge in [-0.2, -0.15) is 11.8 Å². The number of nitrogens with one attached hydrogen (secondary N) is 1. The number of hydrogen-bond acceptors (Lipinski definition) is 3. The van der Waals surface area contributed by atoms with Crippen molar-refractivity contribution in [3.63, 3.8) is 0 Å². The minimum atomic E-state index is 0.0829. The molecule has 0 aromatic heterocycles. The van der Waals surface area contributed by atoms with Crippen LogP contribution in [-0.2, 0) is 4.79 Å². The molecule has 14 heavy (non-hydrogen) atoms. The van der Waals surface area contributed by atoms with Crippen LogP contribution in [0.25, 0.3) is 0 Å². The third kappa shape index (κ3) is 4.33. The van der Waals surface area contributed by atoms with E-state index in [1.807, 2.05) is 6.26 Å². The second-order valence-corrected chi connectivity index (χ2v) is 5.33. The smallest absolute Gasteiger partial charge is 0.221 e. The summed E-state index contributed by atoms with van der Waals surface area (Å²) >= 11 is 1.76. The zero-order valence-electron chi connectivity index (χ0n) is 8.95. The number of thioether (sulfide) groups is 1. The second kappa shape index (κ2) is 5.61. The van der Waals surface area contributed by atoms with Crippen molar-refractivity contribution in [2.24, 2.45) is 11.7 Å². The second-order valence-electron chi connectivity index (χ2n) is 4.06. The summed E-state index contributed by atoms with van der Waals surface area (Å²) < 4.78 is 0. The fourth-order valence-corrected chi connectivity index (χ4v) is 1.57. The standard InChI is InChI=1S/C10H20N2OS/c1-7(14-2)6-12-10(13)5-9(11)8-3-4-8/h7-9H,3-6,11H2,1-2H3,(H,12,13). The summed E-state index contributed by atoms with van der Waals surface area (Å²) in [5, 5.41) is 3.39. The van der Waals surface area contributed by atoms with Gasteiger partial charge in [-0.3, -0.25) is 4.79 Å². The zero-order chi connectivity index (χ0) is 10.6. The van der Waals surface area contributed by atoms with E-state index in [0.717, 1.165) is 6.54 Å². The molecule has 1 rings (SSSR count). The van der Waals surface area contributed by atoms with Gasteiger partial charge in [0.2, 0.25) is 5.91 Å². The molecule has 2 unspecified atom stereocenters. The van der Waals surface area contributed by atoms with Crippen molar-refractivity contribution in [2.75, 3.05) is 12.8 Å². The molecule has 0 aromatic rings. The summed E-state index contributed by atoms with van der Waals surface area (Å²) in [5.41, 5.74) is 5.85. The maximum Gasteiger partial charge on any atom is 0.221 e. The van der Waals surface area contributed by atoms with E-state index >= 15 is 0 Å². The van der Waals surface area contributed by atoms with E-state index in [-0.39, 0.29) is 11.9 Å². The highest BCUT2D eigenvalue weighted by molar-refractivity contribution is 7.99. The number of rotatable bonds is 6. The molecule has 1 aliphatic rings. The maximum atomic E-state index is 11.4. The number of carbonyl (C=O) groups is 1. The molecule has 4 heteroatoms. The quantitative estimate of drug-likeness (QED) is 0.696. The Bertz CT molecular complexity index is 195. The SMILES string of the molecule is CSC(C)CNC(=O)CC(N)C1CC1. The predicted molar refractivity (Wildman–Crippen MR) is 61.3 cm³/mol. The summed E-state index contributed by atoms with van der Waals surface area (Å²) in [6, 6.07) is 0.0829. The minimum absolute atomic E-state index is 0.0829. The molecular weight excluding hydrogens is 196 g/mol. The first-order valence-corrected chi connectivity index (χ1v) is 6.47. The number of carbonyl (C=O) groups excluding carboxylic acids is 1. The van der Waals surface area contributed by atoms with Crippen molar-refractivity contribution in [2.45, 2.75) is 37.5 Å². The van der Waals surface area contributed by atoms with Gasteiger partial charge in [-0.1, -0.05) is 6.92 Å². The number of amides is 1. The van der Waals surface area contributed by atoms with E-state index in [4.69, 9.17) is 5.73 Å². The van der Waals surface area contributed by atoms with Gasteiger partial charge in [-0.05, 0) is 25.0 Å². The van der Waals surface area contributed by atoms with Crippen molar-refractivity contribution >= 4 is 17.7 Å². The fourth-order valence-electron chi connectivity index (χ4n) is 1.32. The molecule has 0 saturated heterocycles. The van der Waals surface area contributed by atoms with Crippen molar-refractivity contribution in [3.8, 4) is 0 Å². The Morgan fingerprint density at radius 1 is 1.64 bits per heavy atom. The van der Waals surface area contributed by atoms with E-state index in [1.54, 1.807) is 11.8 Å². The van der Waals surface area contributed by atoms with Crippen LogP contribution in [0.1, 0.15) is 26.2 Å². The molecule has 0 aliphatic heterocycles. The predicted octanol–water partition coefficient (Wildman–Crippen LogP) is 0.982. The van der Waals surface area contributed by atoms with Gasteiger partial charge in [0, 0.05) is 24.3 Å². The van der Waals surface area contributed by atoms with Crippen LogP contribution in [0.5, 0.6) is 0 Å². The summed E-state index contributed by atoms with van der Waals surface area (Å²) in [6.45, 7) is 2.85. The monoisotopic (exact) mass is 216 g/mol.